The van der Waals surface area contributed by atoms with Gasteiger partial charge in [0, 0.05) is 28.0 Å². The van der Waals surface area contributed by atoms with Crippen LogP contribution in [0.15, 0.2) is 65.1 Å². The van der Waals surface area contributed by atoms with Gasteiger partial charge in [0.05, 0.1) is 12.2 Å². The summed E-state index contributed by atoms with van der Waals surface area (Å²) >= 11 is 1.51. The standard InChI is InChI=1S/C20H19N5S.ClH/c1-13-7-8-17-15(9-13)16(11-22-17)18-12-26-20(24-18)25-19(21)23-10-14-5-3-2-4-6-14;/h2-9,11-12,22H,10H2,1H3,(H3,21,23,24,25);1H. The van der Waals surface area contributed by atoms with E-state index >= 15 is 0 Å². The highest BCUT2D eigenvalue weighted by molar-refractivity contribution is 7.14. The summed E-state index contributed by atoms with van der Waals surface area (Å²) in [7, 11) is 0. The van der Waals surface area contributed by atoms with Gasteiger partial charge in [-0.05, 0) is 24.6 Å². The minimum absolute atomic E-state index is 0. The number of aromatic amines is 1. The summed E-state index contributed by atoms with van der Waals surface area (Å²) in [5.41, 5.74) is 11.5. The van der Waals surface area contributed by atoms with E-state index in [9.17, 15) is 0 Å². The number of fused-ring (bicyclic) bond motifs is 1. The fraction of sp³-hybridized carbons (Fsp3) is 0.100. The normalized spacial score (nSPS) is 11.4. The number of aromatic nitrogens is 2. The van der Waals surface area contributed by atoms with E-state index in [-0.39, 0.29) is 12.4 Å². The average Bonchev–Trinajstić information content (AvgIpc) is 3.27. The molecule has 0 spiro atoms. The first-order valence-electron chi connectivity index (χ1n) is 8.33. The SMILES string of the molecule is Cc1ccc2[nH]cc(-c3csc(NC(N)=NCc4ccccc4)n3)c2c1.Cl. The van der Waals surface area contributed by atoms with E-state index in [1.165, 1.54) is 22.3 Å². The van der Waals surface area contributed by atoms with Crippen molar-refractivity contribution in [2.24, 2.45) is 10.7 Å². The number of aryl methyl sites for hydroxylation is 1. The van der Waals surface area contributed by atoms with Crippen molar-refractivity contribution < 1.29 is 0 Å². The lowest BCUT2D eigenvalue weighted by atomic mass is 10.1. The lowest BCUT2D eigenvalue weighted by Gasteiger charge is -2.02. The molecule has 0 saturated carbocycles. The molecule has 0 atom stereocenters. The Morgan fingerprint density at radius 3 is 2.85 bits per heavy atom. The number of H-pyrrole nitrogens is 1. The Morgan fingerprint density at radius 2 is 2.04 bits per heavy atom. The molecule has 138 valence electrons. The van der Waals surface area contributed by atoms with Crippen LogP contribution in [0.1, 0.15) is 11.1 Å². The van der Waals surface area contributed by atoms with E-state index in [0.29, 0.717) is 12.5 Å². The van der Waals surface area contributed by atoms with Gasteiger partial charge in [0.1, 0.15) is 0 Å². The Labute approximate surface area is 167 Å². The number of anilines is 1. The van der Waals surface area contributed by atoms with Crippen LogP contribution in [0.3, 0.4) is 0 Å². The molecule has 0 amide bonds. The molecule has 2 heterocycles. The second-order valence-electron chi connectivity index (χ2n) is 6.10. The molecule has 0 fully saturated rings. The zero-order valence-corrected chi connectivity index (χ0v) is 16.4. The van der Waals surface area contributed by atoms with E-state index in [4.69, 9.17) is 5.73 Å². The van der Waals surface area contributed by atoms with Gasteiger partial charge in [-0.2, -0.15) is 0 Å². The van der Waals surface area contributed by atoms with Crippen molar-refractivity contribution in [3.63, 3.8) is 0 Å². The molecule has 0 unspecified atom stereocenters. The van der Waals surface area contributed by atoms with Gasteiger partial charge in [-0.3, -0.25) is 0 Å². The number of thiazole rings is 1. The molecule has 27 heavy (non-hydrogen) atoms. The minimum atomic E-state index is 0. The molecule has 7 heteroatoms. The molecule has 0 radical (unpaired) electrons. The number of nitrogens with two attached hydrogens (primary N) is 1. The first-order chi connectivity index (χ1) is 12.7. The van der Waals surface area contributed by atoms with Gasteiger partial charge in [0.25, 0.3) is 0 Å². The van der Waals surface area contributed by atoms with Crippen molar-refractivity contribution in [2.45, 2.75) is 13.5 Å². The van der Waals surface area contributed by atoms with Gasteiger partial charge < -0.3 is 16.0 Å². The summed E-state index contributed by atoms with van der Waals surface area (Å²) in [6, 6.07) is 16.4. The summed E-state index contributed by atoms with van der Waals surface area (Å²) < 4.78 is 0. The lowest BCUT2D eigenvalue weighted by molar-refractivity contribution is 1.06. The van der Waals surface area contributed by atoms with Gasteiger partial charge in [-0.25, -0.2) is 9.98 Å². The summed E-state index contributed by atoms with van der Waals surface area (Å²) in [5, 5.41) is 7.01. The van der Waals surface area contributed by atoms with Gasteiger partial charge >= 0.3 is 0 Å². The quantitative estimate of drug-likeness (QED) is 0.336. The molecule has 0 aliphatic rings. The number of rotatable bonds is 4. The molecular weight excluding hydrogens is 378 g/mol. The largest absolute Gasteiger partial charge is 0.370 e. The predicted molar refractivity (Wildman–Crippen MR) is 117 cm³/mol. The van der Waals surface area contributed by atoms with Gasteiger partial charge in [-0.1, -0.05) is 42.0 Å². The Bertz CT molecular complexity index is 1070. The number of aliphatic imine (C=N–C) groups is 1. The van der Waals surface area contributed by atoms with Gasteiger partial charge in [0.15, 0.2) is 11.1 Å². The Kier molecular flexibility index (Phi) is 5.78. The Balaban J connectivity index is 0.00000210. The highest BCUT2D eigenvalue weighted by Crippen LogP contribution is 2.31. The monoisotopic (exact) mass is 397 g/mol. The lowest BCUT2D eigenvalue weighted by Crippen LogP contribution is -2.22. The molecule has 4 aromatic rings. The van der Waals surface area contributed by atoms with Gasteiger partial charge in [0.2, 0.25) is 0 Å². The second-order valence-corrected chi connectivity index (χ2v) is 6.96. The van der Waals surface area contributed by atoms with Crippen molar-refractivity contribution >= 4 is 45.7 Å². The summed E-state index contributed by atoms with van der Waals surface area (Å²) in [6.07, 6.45) is 2.00. The molecule has 0 bridgehead atoms. The van der Waals surface area contributed by atoms with E-state index in [2.05, 4.69) is 45.4 Å². The minimum Gasteiger partial charge on any atom is -0.370 e. The smallest absolute Gasteiger partial charge is 0.195 e. The van der Waals surface area contributed by atoms with Gasteiger partial charge in [-0.15, -0.1) is 23.7 Å². The van der Waals surface area contributed by atoms with Crippen LogP contribution in [0.4, 0.5) is 5.13 Å². The number of nitrogens with zero attached hydrogens (tertiary/aromatic N) is 2. The molecular formula is C20H20ClN5S. The van der Waals surface area contributed by atoms with Crippen LogP contribution in [0, 0.1) is 6.92 Å². The number of guanidine groups is 1. The number of hydrogen-bond acceptors (Lipinski definition) is 3. The maximum absolute atomic E-state index is 5.99. The predicted octanol–water partition coefficient (Wildman–Crippen LogP) is 4.95. The fourth-order valence-electron chi connectivity index (χ4n) is 2.81. The van der Waals surface area contributed by atoms with Crippen LogP contribution in [0.5, 0.6) is 0 Å². The number of nitrogens with one attached hydrogen (secondary N) is 2. The fourth-order valence-corrected chi connectivity index (χ4v) is 3.53. The zero-order chi connectivity index (χ0) is 17.9. The molecule has 4 rings (SSSR count). The van der Waals surface area contributed by atoms with Crippen LogP contribution < -0.4 is 11.1 Å². The van der Waals surface area contributed by atoms with E-state index in [0.717, 1.165) is 27.5 Å². The Hall–Kier alpha value is -2.83. The number of hydrogen-bond donors (Lipinski definition) is 3. The van der Waals surface area contributed by atoms with Crippen LogP contribution in [-0.4, -0.2) is 15.9 Å². The highest BCUT2D eigenvalue weighted by Gasteiger charge is 2.10. The average molecular weight is 398 g/mol. The highest BCUT2D eigenvalue weighted by atomic mass is 35.5. The third-order valence-corrected chi connectivity index (χ3v) is 4.88. The molecule has 4 N–H and O–H groups in total. The molecule has 5 nitrogen and oxygen atoms in total. The van der Waals surface area contributed by atoms with Crippen molar-refractivity contribution in [1.29, 1.82) is 0 Å². The summed E-state index contributed by atoms with van der Waals surface area (Å²) in [4.78, 5) is 12.3. The maximum Gasteiger partial charge on any atom is 0.195 e. The molecule has 0 aliphatic heterocycles. The third-order valence-electron chi connectivity index (χ3n) is 4.13. The van der Waals surface area contributed by atoms with E-state index in [1.807, 2.05) is 41.9 Å². The molecule has 0 aliphatic carbocycles. The molecule has 2 aromatic heterocycles. The van der Waals surface area contributed by atoms with Crippen LogP contribution in [0.25, 0.3) is 22.2 Å². The van der Waals surface area contributed by atoms with Crippen molar-refractivity contribution in [1.82, 2.24) is 9.97 Å². The molecule has 2 aromatic carbocycles. The van der Waals surface area contributed by atoms with E-state index < -0.39 is 0 Å². The van der Waals surface area contributed by atoms with Crippen LogP contribution in [-0.2, 0) is 6.54 Å². The maximum atomic E-state index is 5.99. The van der Waals surface area contributed by atoms with Crippen molar-refractivity contribution in [2.75, 3.05) is 5.32 Å². The first kappa shape index (κ1) is 18.9. The van der Waals surface area contributed by atoms with E-state index in [1.54, 1.807) is 0 Å². The number of benzene rings is 2. The third kappa shape index (κ3) is 4.30. The summed E-state index contributed by atoms with van der Waals surface area (Å²) in [5.74, 6) is 0.365. The molecule has 0 saturated heterocycles. The van der Waals surface area contributed by atoms with Crippen LogP contribution in [0.2, 0.25) is 0 Å². The van der Waals surface area contributed by atoms with Crippen molar-refractivity contribution in [3.05, 3.63) is 71.2 Å². The summed E-state index contributed by atoms with van der Waals surface area (Å²) in [6.45, 7) is 2.63. The van der Waals surface area contributed by atoms with Crippen LogP contribution >= 0.6 is 23.7 Å². The zero-order valence-electron chi connectivity index (χ0n) is 14.8. The number of halogens is 1. The Morgan fingerprint density at radius 1 is 1.22 bits per heavy atom. The first-order valence-corrected chi connectivity index (χ1v) is 9.21. The van der Waals surface area contributed by atoms with Crippen molar-refractivity contribution in [3.8, 4) is 11.3 Å². The topological polar surface area (TPSA) is 79.1 Å². The second kappa shape index (κ2) is 8.24.